The van der Waals surface area contributed by atoms with Gasteiger partial charge in [0.25, 0.3) is 0 Å². The Labute approximate surface area is 77.0 Å². The van der Waals surface area contributed by atoms with Crippen LogP contribution in [0.25, 0.3) is 0 Å². The summed E-state index contributed by atoms with van der Waals surface area (Å²) in [4.78, 5) is 0. The van der Waals surface area contributed by atoms with Gasteiger partial charge >= 0.3 is 0 Å². The third-order valence-electron chi connectivity index (χ3n) is 1.62. The molecule has 1 unspecified atom stereocenters. The molecule has 0 aliphatic carbocycles. The fourth-order valence-electron chi connectivity index (χ4n) is 0.976. The molecule has 0 amide bonds. The molecule has 2 nitrogen and oxygen atoms in total. The average Bonchev–Trinajstić information content (AvgIpc) is 2.09. The molecular formula is C10H13FO2. The van der Waals surface area contributed by atoms with E-state index in [1.54, 1.807) is 0 Å². The van der Waals surface area contributed by atoms with E-state index in [-0.39, 0.29) is 5.82 Å². The van der Waals surface area contributed by atoms with E-state index in [1.165, 1.54) is 24.3 Å². The zero-order chi connectivity index (χ0) is 9.68. The molecule has 3 heteroatoms. The predicted octanol–water partition coefficient (Wildman–Crippen LogP) is 2.32. The second-order valence-corrected chi connectivity index (χ2v) is 2.82. The summed E-state index contributed by atoms with van der Waals surface area (Å²) in [6, 6.07) is 5.59. The summed E-state index contributed by atoms with van der Waals surface area (Å²) in [6.45, 7) is 1.96. The van der Waals surface area contributed by atoms with Crippen molar-refractivity contribution in [1.29, 1.82) is 0 Å². The maximum absolute atomic E-state index is 12.5. The molecule has 0 spiro atoms. The average molecular weight is 184 g/mol. The fraction of sp³-hybridized carbons (Fsp3) is 0.400. The van der Waals surface area contributed by atoms with Crippen LogP contribution in [-0.4, -0.2) is 11.4 Å². The van der Waals surface area contributed by atoms with Crippen molar-refractivity contribution in [2.45, 2.75) is 26.1 Å². The Morgan fingerprint density at radius 2 is 2.00 bits per heavy atom. The molecule has 1 rings (SSSR count). The second kappa shape index (κ2) is 4.82. The van der Waals surface area contributed by atoms with Crippen molar-refractivity contribution in [2.75, 3.05) is 0 Å². The normalized spacial score (nSPS) is 12.5. The Kier molecular flexibility index (Phi) is 3.71. The van der Waals surface area contributed by atoms with Gasteiger partial charge < -0.3 is 9.84 Å². The standard InChI is InChI=1S/C10H13FO2/c1-2-3-10(12)13-9-6-4-8(11)5-7-9/h4-7,10,12H,2-3H2,1H3. The summed E-state index contributed by atoms with van der Waals surface area (Å²) in [5, 5.41) is 9.26. The van der Waals surface area contributed by atoms with E-state index in [1.807, 2.05) is 6.92 Å². The van der Waals surface area contributed by atoms with Crippen molar-refractivity contribution >= 4 is 0 Å². The zero-order valence-corrected chi connectivity index (χ0v) is 7.53. The van der Waals surface area contributed by atoms with E-state index in [9.17, 15) is 9.50 Å². The van der Waals surface area contributed by atoms with Crippen LogP contribution in [0.15, 0.2) is 24.3 Å². The van der Waals surface area contributed by atoms with Crippen molar-refractivity contribution in [3.63, 3.8) is 0 Å². The lowest BCUT2D eigenvalue weighted by atomic mass is 10.3. The number of benzene rings is 1. The molecule has 1 N–H and O–H groups in total. The molecule has 13 heavy (non-hydrogen) atoms. The van der Waals surface area contributed by atoms with E-state index < -0.39 is 6.29 Å². The van der Waals surface area contributed by atoms with Crippen LogP contribution in [0.5, 0.6) is 5.75 Å². The zero-order valence-electron chi connectivity index (χ0n) is 7.53. The van der Waals surface area contributed by atoms with Crippen molar-refractivity contribution < 1.29 is 14.2 Å². The number of hydrogen-bond acceptors (Lipinski definition) is 2. The van der Waals surface area contributed by atoms with Gasteiger partial charge in [-0.1, -0.05) is 13.3 Å². The van der Waals surface area contributed by atoms with E-state index in [2.05, 4.69) is 0 Å². The Bertz CT molecular complexity index is 246. The predicted molar refractivity (Wildman–Crippen MR) is 47.9 cm³/mol. The van der Waals surface area contributed by atoms with Gasteiger partial charge in [0.05, 0.1) is 0 Å². The van der Waals surface area contributed by atoms with E-state index in [0.717, 1.165) is 6.42 Å². The number of hydrogen-bond donors (Lipinski definition) is 1. The SMILES string of the molecule is CCCC(O)Oc1ccc(F)cc1. The molecular weight excluding hydrogens is 171 g/mol. The maximum atomic E-state index is 12.5. The number of aliphatic hydroxyl groups excluding tert-OH is 1. The topological polar surface area (TPSA) is 29.5 Å². The lowest BCUT2D eigenvalue weighted by Gasteiger charge is -2.11. The highest BCUT2D eigenvalue weighted by molar-refractivity contribution is 5.22. The Hall–Kier alpha value is -1.09. The summed E-state index contributed by atoms with van der Waals surface area (Å²) in [5.41, 5.74) is 0. The Morgan fingerprint density at radius 3 is 2.54 bits per heavy atom. The van der Waals surface area contributed by atoms with Crippen molar-refractivity contribution in [3.05, 3.63) is 30.1 Å². The number of halogens is 1. The first kappa shape index (κ1) is 9.99. The van der Waals surface area contributed by atoms with Crippen LogP contribution in [-0.2, 0) is 0 Å². The maximum Gasteiger partial charge on any atom is 0.197 e. The molecule has 0 aliphatic rings. The van der Waals surface area contributed by atoms with Crippen molar-refractivity contribution in [1.82, 2.24) is 0 Å². The molecule has 0 bridgehead atoms. The third kappa shape index (κ3) is 3.42. The number of ether oxygens (including phenoxy) is 1. The highest BCUT2D eigenvalue weighted by Crippen LogP contribution is 2.13. The summed E-state index contributed by atoms with van der Waals surface area (Å²) < 4.78 is 17.6. The minimum Gasteiger partial charge on any atom is -0.465 e. The fourth-order valence-corrected chi connectivity index (χ4v) is 0.976. The van der Waals surface area contributed by atoms with Crippen LogP contribution in [0.4, 0.5) is 4.39 Å². The lowest BCUT2D eigenvalue weighted by molar-refractivity contribution is -0.0233. The number of aliphatic hydroxyl groups is 1. The molecule has 0 saturated carbocycles. The molecule has 0 heterocycles. The van der Waals surface area contributed by atoms with E-state index in [0.29, 0.717) is 12.2 Å². The van der Waals surface area contributed by atoms with Gasteiger partial charge in [0, 0.05) is 6.42 Å². The van der Waals surface area contributed by atoms with Gasteiger partial charge in [0.2, 0.25) is 0 Å². The highest BCUT2D eigenvalue weighted by atomic mass is 19.1. The highest BCUT2D eigenvalue weighted by Gasteiger charge is 2.03. The molecule has 0 saturated heterocycles. The van der Waals surface area contributed by atoms with Gasteiger partial charge in [-0.2, -0.15) is 0 Å². The summed E-state index contributed by atoms with van der Waals surface area (Å²) >= 11 is 0. The van der Waals surface area contributed by atoms with E-state index >= 15 is 0 Å². The minimum absolute atomic E-state index is 0.308. The van der Waals surface area contributed by atoms with Gasteiger partial charge in [-0.3, -0.25) is 0 Å². The second-order valence-electron chi connectivity index (χ2n) is 2.82. The summed E-state index contributed by atoms with van der Waals surface area (Å²) in [7, 11) is 0. The van der Waals surface area contributed by atoms with Gasteiger partial charge in [-0.05, 0) is 24.3 Å². The molecule has 0 aromatic heterocycles. The summed E-state index contributed by atoms with van der Waals surface area (Å²) in [5.74, 6) is 0.180. The first-order valence-electron chi connectivity index (χ1n) is 4.32. The molecule has 1 aromatic rings. The lowest BCUT2D eigenvalue weighted by Crippen LogP contribution is -2.14. The molecule has 0 radical (unpaired) electrons. The van der Waals surface area contributed by atoms with Gasteiger partial charge in [0.15, 0.2) is 6.29 Å². The molecule has 1 atom stereocenters. The van der Waals surface area contributed by atoms with Gasteiger partial charge in [0.1, 0.15) is 11.6 Å². The quantitative estimate of drug-likeness (QED) is 0.727. The van der Waals surface area contributed by atoms with Gasteiger partial charge in [-0.25, -0.2) is 4.39 Å². The minimum atomic E-state index is -0.796. The molecule has 1 aromatic carbocycles. The molecule has 0 aliphatic heterocycles. The summed E-state index contributed by atoms with van der Waals surface area (Å²) in [6.07, 6.45) is 0.634. The smallest absolute Gasteiger partial charge is 0.197 e. The Balaban J connectivity index is 2.49. The van der Waals surface area contributed by atoms with Gasteiger partial charge in [-0.15, -0.1) is 0 Å². The van der Waals surface area contributed by atoms with Crippen LogP contribution in [0.1, 0.15) is 19.8 Å². The van der Waals surface area contributed by atoms with Crippen molar-refractivity contribution in [2.24, 2.45) is 0 Å². The van der Waals surface area contributed by atoms with Crippen molar-refractivity contribution in [3.8, 4) is 5.75 Å². The van der Waals surface area contributed by atoms with Crippen LogP contribution < -0.4 is 4.74 Å². The Morgan fingerprint density at radius 1 is 1.38 bits per heavy atom. The van der Waals surface area contributed by atoms with Crippen LogP contribution >= 0.6 is 0 Å². The molecule has 72 valence electrons. The number of rotatable bonds is 4. The van der Waals surface area contributed by atoms with Crippen LogP contribution in [0.3, 0.4) is 0 Å². The van der Waals surface area contributed by atoms with Crippen LogP contribution in [0, 0.1) is 5.82 Å². The van der Waals surface area contributed by atoms with Crippen LogP contribution in [0.2, 0.25) is 0 Å². The first-order chi connectivity index (χ1) is 6.22. The molecule has 0 fully saturated rings. The first-order valence-corrected chi connectivity index (χ1v) is 4.32. The largest absolute Gasteiger partial charge is 0.465 e. The third-order valence-corrected chi connectivity index (χ3v) is 1.62. The van der Waals surface area contributed by atoms with E-state index in [4.69, 9.17) is 4.74 Å². The monoisotopic (exact) mass is 184 g/mol.